The third kappa shape index (κ3) is 4.29. The summed E-state index contributed by atoms with van der Waals surface area (Å²) in [5.41, 5.74) is 4.41. The van der Waals surface area contributed by atoms with E-state index in [1.807, 2.05) is 0 Å². The first-order valence-electron chi connectivity index (χ1n) is 12.1. The summed E-state index contributed by atoms with van der Waals surface area (Å²) in [6, 6.07) is 9.33. The molecule has 0 radical (unpaired) electrons. The predicted octanol–water partition coefficient (Wildman–Crippen LogP) is 1.91. The van der Waals surface area contributed by atoms with Crippen molar-refractivity contribution in [3.8, 4) is 0 Å². The standard InChI is InChI=1S/C26H21N7O6/c1-12-14-5-6-17(16(14)4-3-15(12)24(36)37)30-23(35)20-9-19(31-25-28-11-29-33(20)25)22(34)27-10-13-2-7-21-18(8-13)32-26(38)39-21/h2-4,7-9,11,17H,5-6,10H2,1H3,(H,27,34)(H,30,35)(H,32,38)(H,36,37)/t17-/m0/s1. The fourth-order valence-electron chi connectivity index (χ4n) is 4.97. The minimum absolute atomic E-state index is 0.0211. The fraction of sp³-hybridized carbons (Fsp3) is 0.192. The Morgan fingerprint density at radius 1 is 1.18 bits per heavy atom. The van der Waals surface area contributed by atoms with E-state index in [0.29, 0.717) is 29.5 Å². The number of H-pyrrole nitrogens is 1. The molecule has 1 aliphatic carbocycles. The highest BCUT2D eigenvalue weighted by Gasteiger charge is 2.29. The molecule has 1 aliphatic rings. The van der Waals surface area contributed by atoms with E-state index in [4.69, 9.17) is 4.42 Å². The van der Waals surface area contributed by atoms with Gasteiger partial charge in [0.1, 0.15) is 17.7 Å². The summed E-state index contributed by atoms with van der Waals surface area (Å²) < 4.78 is 6.24. The smallest absolute Gasteiger partial charge is 0.417 e. The number of carbonyl (C=O) groups excluding carboxylic acids is 2. The first kappa shape index (κ1) is 24.0. The molecule has 3 heterocycles. The van der Waals surface area contributed by atoms with E-state index < -0.39 is 23.5 Å². The molecule has 5 aromatic rings. The molecule has 0 bridgehead atoms. The molecule has 1 atom stereocenters. The number of aromatic amines is 1. The van der Waals surface area contributed by atoms with E-state index in [1.54, 1.807) is 37.3 Å². The zero-order valence-electron chi connectivity index (χ0n) is 20.5. The summed E-state index contributed by atoms with van der Waals surface area (Å²) >= 11 is 0. The van der Waals surface area contributed by atoms with Crippen molar-refractivity contribution < 1.29 is 23.9 Å². The second-order valence-electron chi connectivity index (χ2n) is 9.20. The Morgan fingerprint density at radius 3 is 2.85 bits per heavy atom. The average molecular weight is 527 g/mol. The van der Waals surface area contributed by atoms with Crippen LogP contribution < -0.4 is 16.4 Å². The Bertz CT molecular complexity index is 1870. The number of benzene rings is 2. The van der Waals surface area contributed by atoms with Gasteiger partial charge in [-0.05, 0) is 60.2 Å². The van der Waals surface area contributed by atoms with Crippen LogP contribution in [0.4, 0.5) is 0 Å². The quantitative estimate of drug-likeness (QED) is 0.256. The molecule has 2 aromatic carbocycles. The number of hydrogen-bond acceptors (Lipinski definition) is 8. The monoisotopic (exact) mass is 527 g/mol. The lowest BCUT2D eigenvalue weighted by Gasteiger charge is -2.16. The van der Waals surface area contributed by atoms with Gasteiger partial charge in [0.15, 0.2) is 5.58 Å². The lowest BCUT2D eigenvalue weighted by atomic mass is 9.98. The second kappa shape index (κ2) is 9.20. The first-order chi connectivity index (χ1) is 18.8. The third-order valence-electron chi connectivity index (χ3n) is 6.88. The van der Waals surface area contributed by atoms with Crippen molar-refractivity contribution in [1.29, 1.82) is 0 Å². The topological polar surface area (TPSA) is 185 Å². The Labute approximate surface area is 218 Å². The Hall–Kier alpha value is -5.33. The summed E-state index contributed by atoms with van der Waals surface area (Å²) in [7, 11) is 0. The molecule has 0 unspecified atom stereocenters. The molecule has 6 rings (SSSR count). The highest BCUT2D eigenvalue weighted by Crippen LogP contribution is 2.35. The van der Waals surface area contributed by atoms with Gasteiger partial charge in [-0.1, -0.05) is 12.1 Å². The number of nitrogens with one attached hydrogen (secondary N) is 3. The van der Waals surface area contributed by atoms with Crippen LogP contribution in [0, 0.1) is 6.92 Å². The average Bonchev–Trinajstić information content (AvgIpc) is 3.64. The Balaban J connectivity index is 1.23. The number of amides is 2. The van der Waals surface area contributed by atoms with Crippen LogP contribution in [0.3, 0.4) is 0 Å². The molecule has 3 aromatic heterocycles. The molecule has 39 heavy (non-hydrogen) atoms. The molecule has 0 spiro atoms. The van der Waals surface area contributed by atoms with Crippen LogP contribution in [0.5, 0.6) is 0 Å². The normalized spacial score (nSPS) is 14.4. The number of aromatic carboxylic acids is 1. The van der Waals surface area contributed by atoms with E-state index in [2.05, 4.69) is 30.7 Å². The van der Waals surface area contributed by atoms with E-state index in [0.717, 1.165) is 16.7 Å². The molecular weight excluding hydrogens is 506 g/mol. The van der Waals surface area contributed by atoms with Crippen molar-refractivity contribution in [2.45, 2.75) is 32.4 Å². The number of hydrogen-bond donors (Lipinski definition) is 4. The van der Waals surface area contributed by atoms with E-state index in [9.17, 15) is 24.3 Å². The maximum atomic E-state index is 13.4. The minimum atomic E-state index is -0.990. The molecule has 0 aliphatic heterocycles. The number of aromatic nitrogens is 5. The van der Waals surface area contributed by atoms with Crippen molar-refractivity contribution in [2.75, 3.05) is 0 Å². The lowest BCUT2D eigenvalue weighted by molar-refractivity contribution is 0.0695. The van der Waals surface area contributed by atoms with Gasteiger partial charge in [0.25, 0.3) is 17.6 Å². The molecule has 0 saturated carbocycles. The molecule has 0 saturated heterocycles. The SMILES string of the molecule is Cc1c(C(=O)O)ccc2c1CC[C@@H]2NC(=O)c1cc(C(=O)NCc2ccc3oc(=O)[nH]c3c2)nc2ncnn12. The number of carbonyl (C=O) groups is 3. The largest absolute Gasteiger partial charge is 0.478 e. The van der Waals surface area contributed by atoms with Crippen LogP contribution in [0.15, 0.2) is 51.9 Å². The van der Waals surface area contributed by atoms with Crippen molar-refractivity contribution >= 4 is 34.7 Å². The maximum absolute atomic E-state index is 13.4. The minimum Gasteiger partial charge on any atom is -0.478 e. The first-order valence-corrected chi connectivity index (χ1v) is 12.1. The molecule has 196 valence electrons. The molecule has 2 amide bonds. The summed E-state index contributed by atoms with van der Waals surface area (Å²) in [6.07, 6.45) is 2.48. The second-order valence-corrected chi connectivity index (χ2v) is 9.20. The zero-order valence-corrected chi connectivity index (χ0v) is 20.5. The highest BCUT2D eigenvalue weighted by molar-refractivity contribution is 5.98. The van der Waals surface area contributed by atoms with Gasteiger partial charge in [0.2, 0.25) is 0 Å². The van der Waals surface area contributed by atoms with Gasteiger partial charge in [-0.25, -0.2) is 14.6 Å². The van der Waals surface area contributed by atoms with Crippen molar-refractivity contribution in [2.24, 2.45) is 0 Å². The highest BCUT2D eigenvalue weighted by atomic mass is 16.4. The van der Waals surface area contributed by atoms with Gasteiger partial charge in [0.05, 0.1) is 17.1 Å². The maximum Gasteiger partial charge on any atom is 0.417 e. The van der Waals surface area contributed by atoms with E-state index in [1.165, 1.54) is 16.9 Å². The molecular formula is C26H21N7O6. The van der Waals surface area contributed by atoms with Crippen LogP contribution >= 0.6 is 0 Å². The summed E-state index contributed by atoms with van der Waals surface area (Å²) in [5, 5.41) is 19.2. The van der Waals surface area contributed by atoms with Crippen LogP contribution in [0.25, 0.3) is 16.9 Å². The molecule has 13 nitrogen and oxygen atoms in total. The van der Waals surface area contributed by atoms with Gasteiger partial charge in [0, 0.05) is 12.6 Å². The van der Waals surface area contributed by atoms with Gasteiger partial charge in [-0.2, -0.15) is 14.6 Å². The summed E-state index contributed by atoms with van der Waals surface area (Å²) in [4.78, 5) is 60.1. The molecule has 13 heteroatoms. The van der Waals surface area contributed by atoms with E-state index >= 15 is 0 Å². The van der Waals surface area contributed by atoms with Crippen molar-refractivity contribution in [3.05, 3.63) is 92.5 Å². The van der Waals surface area contributed by atoms with Crippen LogP contribution in [0.2, 0.25) is 0 Å². The third-order valence-corrected chi connectivity index (χ3v) is 6.88. The number of nitrogens with zero attached hydrogens (tertiary/aromatic N) is 4. The van der Waals surface area contributed by atoms with Crippen LogP contribution in [-0.2, 0) is 13.0 Å². The van der Waals surface area contributed by atoms with Crippen molar-refractivity contribution in [3.63, 3.8) is 0 Å². The Kier molecular flexibility index (Phi) is 5.67. The molecule has 0 fully saturated rings. The predicted molar refractivity (Wildman–Crippen MR) is 135 cm³/mol. The summed E-state index contributed by atoms with van der Waals surface area (Å²) in [5.74, 6) is -2.48. The van der Waals surface area contributed by atoms with Gasteiger partial charge in [-0.3, -0.25) is 14.6 Å². The summed E-state index contributed by atoms with van der Waals surface area (Å²) in [6.45, 7) is 1.91. The number of carboxylic acid groups (broad SMARTS) is 1. The van der Waals surface area contributed by atoms with Gasteiger partial charge >= 0.3 is 11.7 Å². The number of carboxylic acids is 1. The lowest BCUT2D eigenvalue weighted by Crippen LogP contribution is -2.30. The Morgan fingerprint density at radius 2 is 2.03 bits per heavy atom. The number of fused-ring (bicyclic) bond motifs is 3. The van der Waals surface area contributed by atoms with Crippen LogP contribution in [-0.4, -0.2) is 47.5 Å². The van der Waals surface area contributed by atoms with Crippen molar-refractivity contribution in [1.82, 2.24) is 35.2 Å². The van der Waals surface area contributed by atoms with E-state index in [-0.39, 0.29) is 35.3 Å². The van der Waals surface area contributed by atoms with Crippen LogP contribution in [0.1, 0.15) is 66.1 Å². The van der Waals surface area contributed by atoms with Gasteiger partial charge < -0.3 is 20.2 Å². The molecule has 4 N–H and O–H groups in total. The van der Waals surface area contributed by atoms with Gasteiger partial charge in [-0.15, -0.1) is 0 Å². The fourth-order valence-corrected chi connectivity index (χ4v) is 4.97. The number of oxazole rings is 1. The zero-order chi connectivity index (χ0) is 27.3. The number of rotatable bonds is 6.